The Morgan fingerprint density at radius 1 is 1.25 bits per heavy atom. The van der Waals surface area contributed by atoms with Crippen LogP contribution in [0.5, 0.6) is 5.75 Å². The van der Waals surface area contributed by atoms with Crippen molar-refractivity contribution in [3.63, 3.8) is 0 Å². The van der Waals surface area contributed by atoms with Crippen LogP contribution in [0.25, 0.3) is 0 Å². The molecule has 2 aromatic rings. The summed E-state index contributed by atoms with van der Waals surface area (Å²) in [6.45, 7) is 5.42. The molecule has 1 aromatic carbocycles. The van der Waals surface area contributed by atoms with Crippen LogP contribution in [0.3, 0.4) is 0 Å². The summed E-state index contributed by atoms with van der Waals surface area (Å²) in [6, 6.07) is 5.56. The molecule has 2 heterocycles. The Hall–Kier alpha value is -3.23. The fourth-order valence-electron chi connectivity index (χ4n) is 3.40. The Kier molecular flexibility index (Phi) is 4.93. The van der Waals surface area contributed by atoms with Gasteiger partial charge < -0.3 is 15.3 Å². The zero-order valence-electron chi connectivity index (χ0n) is 15.8. The van der Waals surface area contributed by atoms with E-state index in [-0.39, 0.29) is 24.8 Å². The van der Waals surface area contributed by atoms with Crippen molar-refractivity contribution < 1.29 is 19.1 Å². The molecule has 0 spiro atoms. The van der Waals surface area contributed by atoms with Gasteiger partial charge in [-0.1, -0.05) is 12.1 Å². The molecule has 0 fully saturated rings. The lowest BCUT2D eigenvalue weighted by Gasteiger charge is -2.42. The largest absolute Gasteiger partial charge is 0.501 e. The number of carbonyl (C=O) groups is 2. The van der Waals surface area contributed by atoms with Gasteiger partial charge in [0.1, 0.15) is 11.6 Å². The number of aromatic hydroxyl groups is 1. The second-order valence-corrected chi connectivity index (χ2v) is 7.13. The highest BCUT2D eigenvalue weighted by atomic mass is 19.1. The van der Waals surface area contributed by atoms with Gasteiger partial charge in [-0.2, -0.15) is 0 Å². The Labute approximate surface area is 160 Å². The van der Waals surface area contributed by atoms with E-state index in [0.717, 1.165) is 0 Å². The smallest absolute Gasteiger partial charge is 0.296 e. The van der Waals surface area contributed by atoms with Gasteiger partial charge in [0.15, 0.2) is 5.69 Å². The highest BCUT2D eigenvalue weighted by Crippen LogP contribution is 2.30. The number of hydrogen-bond donors (Lipinski definition) is 2. The maximum Gasteiger partial charge on any atom is 0.296 e. The number of nitrogens with one attached hydrogen (secondary N) is 1. The van der Waals surface area contributed by atoms with Crippen molar-refractivity contribution >= 4 is 11.8 Å². The van der Waals surface area contributed by atoms with Crippen molar-refractivity contribution in [3.8, 4) is 5.75 Å². The predicted molar refractivity (Wildman–Crippen MR) is 98.1 cm³/mol. The molecule has 0 saturated heterocycles. The molecule has 3 rings (SSSR count). The summed E-state index contributed by atoms with van der Waals surface area (Å²) in [4.78, 5) is 42.8. The van der Waals surface area contributed by atoms with Crippen LogP contribution in [-0.2, 0) is 23.4 Å². The predicted octanol–water partition coefficient (Wildman–Crippen LogP) is 1.12. The molecule has 0 aliphatic carbocycles. The van der Waals surface area contributed by atoms with Crippen LogP contribution in [0.2, 0.25) is 0 Å². The summed E-state index contributed by atoms with van der Waals surface area (Å²) in [5.74, 6) is -1.83. The molecule has 0 atom stereocenters. The third-order valence-electron chi connectivity index (χ3n) is 4.88. The molecule has 2 amide bonds. The molecule has 1 aromatic heterocycles. The van der Waals surface area contributed by atoms with Gasteiger partial charge in [0.2, 0.25) is 11.7 Å². The van der Waals surface area contributed by atoms with E-state index in [0.29, 0.717) is 12.1 Å². The van der Waals surface area contributed by atoms with Gasteiger partial charge in [-0.25, -0.2) is 9.37 Å². The number of fused-ring (bicyclic) bond motifs is 1. The third-order valence-corrected chi connectivity index (χ3v) is 4.88. The number of benzene rings is 1. The SMILES string of the molecule is CC(=O)N1CCn2c(nc(C(=O)NCc3ccc(F)cc3)c(O)c2=O)C1(C)C. The highest BCUT2D eigenvalue weighted by Gasteiger charge is 2.40. The number of rotatable bonds is 3. The molecule has 28 heavy (non-hydrogen) atoms. The minimum absolute atomic E-state index is 0.0710. The average molecular weight is 388 g/mol. The number of aromatic nitrogens is 2. The molecule has 8 nitrogen and oxygen atoms in total. The second-order valence-electron chi connectivity index (χ2n) is 7.13. The van der Waals surface area contributed by atoms with Gasteiger partial charge in [-0.3, -0.25) is 19.0 Å². The lowest BCUT2D eigenvalue weighted by molar-refractivity contribution is -0.136. The second kappa shape index (κ2) is 7.06. The van der Waals surface area contributed by atoms with Crippen LogP contribution >= 0.6 is 0 Å². The number of halogens is 1. The van der Waals surface area contributed by atoms with Crippen LogP contribution in [0.15, 0.2) is 29.1 Å². The third kappa shape index (κ3) is 3.35. The lowest BCUT2D eigenvalue weighted by Crippen LogP contribution is -2.54. The first-order valence-electron chi connectivity index (χ1n) is 8.78. The summed E-state index contributed by atoms with van der Waals surface area (Å²) >= 11 is 0. The average Bonchev–Trinajstić information content (AvgIpc) is 2.63. The number of nitrogens with zero attached hydrogens (tertiary/aromatic N) is 3. The van der Waals surface area contributed by atoms with Crippen molar-refractivity contribution in [2.24, 2.45) is 0 Å². The summed E-state index contributed by atoms with van der Waals surface area (Å²) in [7, 11) is 0. The van der Waals surface area contributed by atoms with Crippen molar-refractivity contribution in [1.82, 2.24) is 19.8 Å². The van der Waals surface area contributed by atoms with Crippen molar-refractivity contribution in [2.45, 2.75) is 39.4 Å². The maximum atomic E-state index is 13.0. The van der Waals surface area contributed by atoms with Gasteiger partial charge in [0, 0.05) is 26.6 Å². The van der Waals surface area contributed by atoms with Gasteiger partial charge in [-0.15, -0.1) is 0 Å². The fraction of sp³-hybridized carbons (Fsp3) is 0.368. The van der Waals surface area contributed by atoms with E-state index in [9.17, 15) is 23.9 Å². The molecule has 0 saturated carbocycles. The summed E-state index contributed by atoms with van der Waals surface area (Å²) in [6.07, 6.45) is 0. The lowest BCUT2D eigenvalue weighted by atomic mass is 9.98. The standard InChI is InChI=1S/C19H21FN4O4/c1-11(25)24-9-8-23-17(28)15(26)14(22-18(23)19(24,2)3)16(27)21-10-12-4-6-13(20)7-5-12/h4-7,26H,8-10H2,1-3H3,(H,21,27). The molecule has 0 radical (unpaired) electrons. The number of carbonyl (C=O) groups excluding carboxylic acids is 2. The number of hydrogen-bond acceptors (Lipinski definition) is 5. The molecule has 1 aliphatic rings. The topological polar surface area (TPSA) is 105 Å². The van der Waals surface area contributed by atoms with Gasteiger partial charge >= 0.3 is 0 Å². The zero-order valence-corrected chi connectivity index (χ0v) is 15.8. The van der Waals surface area contributed by atoms with Crippen molar-refractivity contribution in [1.29, 1.82) is 0 Å². The molecule has 9 heteroatoms. The van der Waals surface area contributed by atoms with Crippen molar-refractivity contribution in [2.75, 3.05) is 6.54 Å². The summed E-state index contributed by atoms with van der Waals surface area (Å²) < 4.78 is 14.3. The van der Waals surface area contributed by atoms with E-state index in [4.69, 9.17) is 0 Å². The Morgan fingerprint density at radius 3 is 2.50 bits per heavy atom. The maximum absolute atomic E-state index is 13.0. The molecule has 148 valence electrons. The van der Waals surface area contributed by atoms with Gasteiger partial charge in [0.25, 0.3) is 11.5 Å². The first-order valence-corrected chi connectivity index (χ1v) is 8.78. The number of amides is 2. The van der Waals surface area contributed by atoms with Crippen LogP contribution in [0.1, 0.15) is 42.6 Å². The quantitative estimate of drug-likeness (QED) is 0.820. The van der Waals surface area contributed by atoms with Gasteiger partial charge in [-0.05, 0) is 31.5 Å². The summed E-state index contributed by atoms with van der Waals surface area (Å²) in [5.41, 5.74) is -1.42. The first-order chi connectivity index (χ1) is 13.1. The van der Waals surface area contributed by atoms with Crippen LogP contribution in [-0.4, -0.2) is 37.9 Å². The minimum atomic E-state index is -0.928. The summed E-state index contributed by atoms with van der Waals surface area (Å²) in [5, 5.41) is 12.8. The first kappa shape index (κ1) is 19.5. The van der Waals surface area contributed by atoms with E-state index < -0.39 is 34.3 Å². The van der Waals surface area contributed by atoms with Crippen LogP contribution in [0.4, 0.5) is 4.39 Å². The van der Waals surface area contributed by atoms with Crippen LogP contribution in [0, 0.1) is 5.82 Å². The molecule has 0 unspecified atom stereocenters. The Morgan fingerprint density at radius 2 is 1.89 bits per heavy atom. The Balaban J connectivity index is 1.94. The van der Waals surface area contributed by atoms with E-state index in [2.05, 4.69) is 10.3 Å². The molecule has 2 N–H and O–H groups in total. The molecule has 0 bridgehead atoms. The van der Waals surface area contributed by atoms with Gasteiger partial charge in [0.05, 0.1) is 5.54 Å². The molecular weight excluding hydrogens is 367 g/mol. The van der Waals surface area contributed by atoms with Crippen molar-refractivity contribution in [3.05, 3.63) is 57.5 Å². The van der Waals surface area contributed by atoms with E-state index >= 15 is 0 Å². The van der Waals surface area contributed by atoms with E-state index in [1.165, 1.54) is 35.8 Å². The Bertz CT molecular complexity index is 998. The fourth-order valence-corrected chi connectivity index (χ4v) is 3.40. The van der Waals surface area contributed by atoms with E-state index in [1.54, 1.807) is 18.7 Å². The van der Waals surface area contributed by atoms with Crippen LogP contribution < -0.4 is 10.9 Å². The normalized spacial score (nSPS) is 15.1. The molecular formula is C19H21FN4O4. The highest BCUT2D eigenvalue weighted by molar-refractivity contribution is 5.94. The van der Waals surface area contributed by atoms with E-state index in [1.807, 2.05) is 0 Å². The molecule has 1 aliphatic heterocycles. The monoisotopic (exact) mass is 388 g/mol. The zero-order chi connectivity index (χ0) is 20.6. The minimum Gasteiger partial charge on any atom is -0.501 e.